The number of carbonyl (C=O) groups is 2. The lowest BCUT2D eigenvalue weighted by molar-refractivity contribution is -0.163. The van der Waals surface area contributed by atoms with Crippen LogP contribution < -0.4 is 0 Å². The van der Waals surface area contributed by atoms with E-state index in [2.05, 4.69) is 13.8 Å². The van der Waals surface area contributed by atoms with Crippen LogP contribution in [0.4, 0.5) is 0 Å². The van der Waals surface area contributed by atoms with Crippen molar-refractivity contribution >= 4 is 11.9 Å². The van der Waals surface area contributed by atoms with Crippen molar-refractivity contribution in [3.63, 3.8) is 0 Å². The average molecular weight is 300 g/mol. The Balaban J connectivity index is 2.38. The standard InChI is InChI=1S/C16H28O5/c1-11(2)9-7-5-6-8-10-12(14(17)18)13-15(19)21-16(3,4)20-13/h11-13H,5-10H2,1-4H3,(H,17,18)/t12-,13+/m1/s1. The molecule has 0 aromatic carbocycles. The van der Waals surface area contributed by atoms with Crippen molar-refractivity contribution in [2.45, 2.75) is 78.1 Å². The number of ether oxygens (including phenoxy) is 2. The monoisotopic (exact) mass is 300 g/mol. The number of aliphatic carboxylic acids is 1. The second kappa shape index (κ2) is 7.78. The van der Waals surface area contributed by atoms with Gasteiger partial charge in [0.2, 0.25) is 5.79 Å². The van der Waals surface area contributed by atoms with Gasteiger partial charge in [0, 0.05) is 13.8 Å². The maximum absolute atomic E-state index is 11.7. The SMILES string of the molecule is CC(C)CCCCCC[C@@H](C(=O)O)[C@@H]1OC(C)(C)OC1=O. The summed E-state index contributed by atoms with van der Waals surface area (Å²) in [5, 5.41) is 9.31. The quantitative estimate of drug-likeness (QED) is 0.522. The van der Waals surface area contributed by atoms with Gasteiger partial charge in [-0.1, -0.05) is 46.0 Å². The van der Waals surface area contributed by atoms with Gasteiger partial charge in [-0.3, -0.25) is 4.79 Å². The third-order valence-corrected chi connectivity index (χ3v) is 3.72. The lowest BCUT2D eigenvalue weighted by atomic mass is 9.94. The molecule has 0 aliphatic carbocycles. The number of unbranched alkanes of at least 4 members (excludes halogenated alkanes) is 3. The molecule has 0 bridgehead atoms. The smallest absolute Gasteiger partial charge is 0.338 e. The van der Waals surface area contributed by atoms with Gasteiger partial charge in [0.1, 0.15) is 0 Å². The van der Waals surface area contributed by atoms with E-state index in [0.29, 0.717) is 12.3 Å². The summed E-state index contributed by atoms with van der Waals surface area (Å²) in [5.74, 6) is -2.68. The van der Waals surface area contributed by atoms with Crippen molar-refractivity contribution in [3.8, 4) is 0 Å². The van der Waals surface area contributed by atoms with Crippen LogP contribution in [0.2, 0.25) is 0 Å². The fourth-order valence-electron chi connectivity index (χ4n) is 2.60. The first-order chi connectivity index (χ1) is 9.73. The third-order valence-electron chi connectivity index (χ3n) is 3.72. The van der Waals surface area contributed by atoms with Gasteiger partial charge in [-0.2, -0.15) is 0 Å². The molecule has 1 fully saturated rings. The number of carbonyl (C=O) groups excluding carboxylic acids is 1. The highest BCUT2D eigenvalue weighted by molar-refractivity contribution is 5.84. The minimum atomic E-state index is -1.02. The van der Waals surface area contributed by atoms with Crippen LogP contribution in [0.3, 0.4) is 0 Å². The van der Waals surface area contributed by atoms with Gasteiger partial charge >= 0.3 is 11.9 Å². The third kappa shape index (κ3) is 6.04. The second-order valence-corrected chi connectivity index (χ2v) is 6.69. The van der Waals surface area contributed by atoms with E-state index in [9.17, 15) is 14.7 Å². The van der Waals surface area contributed by atoms with Crippen LogP contribution in [0.25, 0.3) is 0 Å². The fraction of sp³-hybridized carbons (Fsp3) is 0.875. The van der Waals surface area contributed by atoms with Crippen LogP contribution in [-0.2, 0) is 19.1 Å². The van der Waals surface area contributed by atoms with Crippen molar-refractivity contribution < 1.29 is 24.2 Å². The first-order valence-electron chi connectivity index (χ1n) is 7.86. The van der Waals surface area contributed by atoms with Crippen LogP contribution in [0.15, 0.2) is 0 Å². The van der Waals surface area contributed by atoms with Crippen molar-refractivity contribution in [1.29, 1.82) is 0 Å². The Bertz CT molecular complexity index is 362. The average Bonchev–Trinajstić information content (AvgIpc) is 2.60. The topological polar surface area (TPSA) is 72.8 Å². The molecular weight excluding hydrogens is 272 g/mol. The molecule has 1 aliphatic heterocycles. The Morgan fingerprint density at radius 2 is 1.76 bits per heavy atom. The van der Waals surface area contributed by atoms with Gasteiger partial charge in [-0.25, -0.2) is 4.79 Å². The molecule has 0 spiro atoms. The number of cyclic esters (lactones) is 1. The first-order valence-corrected chi connectivity index (χ1v) is 7.86. The molecule has 1 N–H and O–H groups in total. The number of hydrogen-bond donors (Lipinski definition) is 1. The van der Waals surface area contributed by atoms with Gasteiger partial charge < -0.3 is 14.6 Å². The zero-order valence-corrected chi connectivity index (χ0v) is 13.6. The predicted octanol–water partition coefficient (Wildman–Crippen LogP) is 3.36. The molecule has 5 nitrogen and oxygen atoms in total. The van der Waals surface area contributed by atoms with E-state index in [4.69, 9.17) is 9.47 Å². The Morgan fingerprint density at radius 1 is 1.19 bits per heavy atom. The zero-order chi connectivity index (χ0) is 16.0. The molecular formula is C16H28O5. The van der Waals surface area contributed by atoms with E-state index in [1.165, 1.54) is 12.8 Å². The van der Waals surface area contributed by atoms with Crippen LogP contribution in [-0.4, -0.2) is 28.9 Å². The van der Waals surface area contributed by atoms with E-state index in [0.717, 1.165) is 19.3 Å². The second-order valence-electron chi connectivity index (χ2n) is 6.69. The predicted molar refractivity (Wildman–Crippen MR) is 78.7 cm³/mol. The molecule has 122 valence electrons. The molecule has 2 atom stereocenters. The van der Waals surface area contributed by atoms with Gasteiger partial charge in [0.05, 0.1) is 5.92 Å². The molecule has 21 heavy (non-hydrogen) atoms. The molecule has 0 radical (unpaired) electrons. The maximum Gasteiger partial charge on any atom is 0.338 e. The summed E-state index contributed by atoms with van der Waals surface area (Å²) >= 11 is 0. The largest absolute Gasteiger partial charge is 0.481 e. The number of carboxylic acids is 1. The maximum atomic E-state index is 11.7. The van der Waals surface area contributed by atoms with E-state index in [-0.39, 0.29) is 0 Å². The van der Waals surface area contributed by atoms with Crippen molar-refractivity contribution in [1.82, 2.24) is 0 Å². The number of rotatable bonds is 9. The number of hydrogen-bond acceptors (Lipinski definition) is 4. The Labute approximate surface area is 127 Å². The highest BCUT2D eigenvalue weighted by Crippen LogP contribution is 2.30. The van der Waals surface area contributed by atoms with Crippen molar-refractivity contribution in [2.24, 2.45) is 11.8 Å². The highest BCUT2D eigenvalue weighted by atomic mass is 16.8. The van der Waals surface area contributed by atoms with E-state index >= 15 is 0 Å². The molecule has 1 rings (SSSR count). The lowest BCUT2D eigenvalue weighted by Gasteiger charge is -2.19. The summed E-state index contributed by atoms with van der Waals surface area (Å²) < 4.78 is 10.5. The Hall–Kier alpha value is -1.10. The van der Waals surface area contributed by atoms with Crippen LogP contribution in [0, 0.1) is 11.8 Å². The van der Waals surface area contributed by atoms with Gasteiger partial charge in [0.25, 0.3) is 0 Å². The summed E-state index contributed by atoms with van der Waals surface area (Å²) in [5.41, 5.74) is 0. The molecule has 1 saturated heterocycles. The summed E-state index contributed by atoms with van der Waals surface area (Å²) in [6.07, 6.45) is 4.73. The molecule has 0 aromatic heterocycles. The van der Waals surface area contributed by atoms with Gasteiger partial charge in [-0.15, -0.1) is 0 Å². The zero-order valence-electron chi connectivity index (χ0n) is 13.6. The van der Waals surface area contributed by atoms with Gasteiger partial charge in [-0.05, 0) is 12.3 Å². The number of esters is 1. The van der Waals surface area contributed by atoms with E-state index in [1.54, 1.807) is 13.8 Å². The van der Waals surface area contributed by atoms with Crippen LogP contribution in [0.5, 0.6) is 0 Å². The summed E-state index contributed by atoms with van der Waals surface area (Å²) in [7, 11) is 0. The minimum Gasteiger partial charge on any atom is -0.481 e. The molecule has 0 amide bonds. The molecule has 1 aliphatic rings. The van der Waals surface area contributed by atoms with Crippen molar-refractivity contribution in [3.05, 3.63) is 0 Å². The summed E-state index contributed by atoms with van der Waals surface area (Å²) in [6, 6.07) is 0. The normalized spacial score (nSPS) is 22.3. The summed E-state index contributed by atoms with van der Waals surface area (Å²) in [4.78, 5) is 23.1. The fourth-order valence-corrected chi connectivity index (χ4v) is 2.60. The highest BCUT2D eigenvalue weighted by Gasteiger charge is 2.47. The molecule has 1 heterocycles. The lowest BCUT2D eigenvalue weighted by Crippen LogP contribution is -2.34. The first kappa shape index (κ1) is 18.0. The Kier molecular flexibility index (Phi) is 6.65. The van der Waals surface area contributed by atoms with Crippen LogP contribution >= 0.6 is 0 Å². The Morgan fingerprint density at radius 3 is 2.19 bits per heavy atom. The minimum absolute atomic E-state index is 0.451. The molecule has 0 saturated carbocycles. The van der Waals surface area contributed by atoms with Crippen molar-refractivity contribution in [2.75, 3.05) is 0 Å². The molecule has 0 unspecified atom stereocenters. The van der Waals surface area contributed by atoms with E-state index in [1.807, 2.05) is 0 Å². The van der Waals surface area contributed by atoms with E-state index < -0.39 is 29.7 Å². The molecule has 5 heteroatoms. The summed E-state index contributed by atoms with van der Waals surface area (Å²) in [6.45, 7) is 7.64. The van der Waals surface area contributed by atoms with Gasteiger partial charge in [0.15, 0.2) is 6.10 Å². The number of carboxylic acid groups (broad SMARTS) is 1. The van der Waals surface area contributed by atoms with Crippen LogP contribution in [0.1, 0.15) is 66.2 Å². The molecule has 0 aromatic rings.